The summed E-state index contributed by atoms with van der Waals surface area (Å²) in [5.74, 6) is 0. The van der Waals surface area contributed by atoms with Crippen LogP contribution >= 0.6 is 15.9 Å². The van der Waals surface area contributed by atoms with E-state index >= 15 is 0 Å². The van der Waals surface area contributed by atoms with Gasteiger partial charge in [-0.05, 0) is 53.2 Å². The Bertz CT molecular complexity index is 499. The lowest BCUT2D eigenvalue weighted by Crippen LogP contribution is -2.08. The molecule has 1 heterocycles. The number of nitrogens with one attached hydrogen (secondary N) is 1. The van der Waals surface area contributed by atoms with Crippen molar-refractivity contribution in [1.29, 1.82) is 0 Å². The van der Waals surface area contributed by atoms with Crippen molar-refractivity contribution in [2.45, 2.75) is 13.0 Å². The van der Waals surface area contributed by atoms with Crippen molar-refractivity contribution in [3.63, 3.8) is 0 Å². The molecule has 2 rings (SSSR count). The van der Waals surface area contributed by atoms with Crippen molar-refractivity contribution >= 4 is 27.3 Å². The van der Waals surface area contributed by atoms with Crippen molar-refractivity contribution in [2.24, 2.45) is 0 Å². The number of nitrogen functional groups attached to an aromatic ring is 1. The normalized spacial score (nSPS) is 12.1. The molecule has 3 N–H and O–H groups in total. The second-order valence-corrected chi connectivity index (χ2v) is 4.71. The topological polar surface area (TPSA) is 50.9 Å². The summed E-state index contributed by atoms with van der Waals surface area (Å²) in [6.45, 7) is 2.07. The predicted octanol–water partition coefficient (Wildman–Crippen LogP) is 3.60. The van der Waals surface area contributed by atoms with E-state index in [9.17, 15) is 0 Å². The Morgan fingerprint density at radius 2 is 2.12 bits per heavy atom. The molecule has 1 aromatic heterocycles. The van der Waals surface area contributed by atoms with Gasteiger partial charge in [0.1, 0.15) is 0 Å². The van der Waals surface area contributed by atoms with Gasteiger partial charge in [-0.3, -0.25) is 4.98 Å². The molecule has 0 bridgehead atoms. The Kier molecular flexibility index (Phi) is 3.64. The van der Waals surface area contributed by atoms with E-state index in [2.05, 4.69) is 33.2 Å². The molecular formula is C13H14BrN3. The van der Waals surface area contributed by atoms with Gasteiger partial charge in [0.25, 0.3) is 0 Å². The zero-order valence-electron chi connectivity index (χ0n) is 9.52. The van der Waals surface area contributed by atoms with Crippen LogP contribution in [0.25, 0.3) is 0 Å². The van der Waals surface area contributed by atoms with Gasteiger partial charge in [0.2, 0.25) is 0 Å². The van der Waals surface area contributed by atoms with Crippen LogP contribution in [0.3, 0.4) is 0 Å². The van der Waals surface area contributed by atoms with Gasteiger partial charge in [0.05, 0.1) is 11.7 Å². The number of nitrogens with zero attached hydrogens (tertiary/aromatic N) is 1. The molecule has 1 aromatic carbocycles. The molecule has 0 fully saturated rings. The number of rotatable bonds is 3. The quantitative estimate of drug-likeness (QED) is 0.850. The average Bonchev–Trinajstić information content (AvgIpc) is 2.34. The zero-order valence-corrected chi connectivity index (χ0v) is 11.1. The first kappa shape index (κ1) is 11.9. The highest BCUT2D eigenvalue weighted by atomic mass is 79.9. The second-order valence-electron chi connectivity index (χ2n) is 3.86. The van der Waals surface area contributed by atoms with Gasteiger partial charge in [-0.1, -0.05) is 6.07 Å². The molecule has 0 saturated heterocycles. The molecule has 0 spiro atoms. The number of aromatic nitrogens is 1. The fraction of sp³-hybridized carbons (Fsp3) is 0.154. The zero-order chi connectivity index (χ0) is 12.3. The molecule has 2 aromatic rings. The van der Waals surface area contributed by atoms with Crippen LogP contribution in [0, 0.1) is 0 Å². The van der Waals surface area contributed by atoms with E-state index in [0.717, 1.165) is 21.5 Å². The van der Waals surface area contributed by atoms with Crippen molar-refractivity contribution < 1.29 is 0 Å². The minimum Gasteiger partial charge on any atom is -0.399 e. The third-order valence-corrected chi connectivity index (χ3v) is 3.15. The highest BCUT2D eigenvalue weighted by molar-refractivity contribution is 9.10. The monoisotopic (exact) mass is 291 g/mol. The molecule has 1 unspecified atom stereocenters. The Balaban J connectivity index is 2.16. The third-order valence-electron chi connectivity index (χ3n) is 2.50. The van der Waals surface area contributed by atoms with Gasteiger partial charge < -0.3 is 11.1 Å². The van der Waals surface area contributed by atoms with Crippen molar-refractivity contribution in [3.05, 3.63) is 52.8 Å². The van der Waals surface area contributed by atoms with Crippen molar-refractivity contribution in [2.75, 3.05) is 11.1 Å². The van der Waals surface area contributed by atoms with Crippen LogP contribution in [0.2, 0.25) is 0 Å². The molecule has 0 amide bonds. The van der Waals surface area contributed by atoms with Crippen LogP contribution in [0.4, 0.5) is 11.4 Å². The lowest BCUT2D eigenvalue weighted by atomic mass is 10.2. The number of anilines is 2. The first-order valence-electron chi connectivity index (χ1n) is 5.39. The second kappa shape index (κ2) is 5.19. The molecule has 4 heteroatoms. The standard InChI is InChI=1S/C13H14BrN3/c1-9(12-4-2-3-7-16-12)17-13-6-5-10(15)8-11(13)14/h2-9,17H,15H2,1H3. The van der Waals surface area contributed by atoms with Crippen molar-refractivity contribution in [1.82, 2.24) is 4.98 Å². The third kappa shape index (κ3) is 2.97. The van der Waals surface area contributed by atoms with E-state index in [1.54, 1.807) is 6.20 Å². The number of benzene rings is 1. The molecule has 0 radical (unpaired) electrons. The largest absolute Gasteiger partial charge is 0.399 e. The Morgan fingerprint density at radius 1 is 1.29 bits per heavy atom. The predicted molar refractivity (Wildman–Crippen MR) is 74.8 cm³/mol. The lowest BCUT2D eigenvalue weighted by molar-refractivity contribution is 0.838. The van der Waals surface area contributed by atoms with Crippen LogP contribution in [0.1, 0.15) is 18.7 Å². The summed E-state index contributed by atoms with van der Waals surface area (Å²) in [5.41, 5.74) is 8.46. The maximum atomic E-state index is 5.70. The summed E-state index contributed by atoms with van der Waals surface area (Å²) >= 11 is 3.49. The smallest absolute Gasteiger partial charge is 0.0657 e. The minimum atomic E-state index is 0.149. The first-order valence-corrected chi connectivity index (χ1v) is 6.18. The summed E-state index contributed by atoms with van der Waals surface area (Å²) in [5, 5.41) is 3.39. The SMILES string of the molecule is CC(Nc1ccc(N)cc1Br)c1ccccn1. The Morgan fingerprint density at radius 3 is 2.76 bits per heavy atom. The van der Waals surface area contributed by atoms with Gasteiger partial charge >= 0.3 is 0 Å². The Hall–Kier alpha value is -1.55. The maximum absolute atomic E-state index is 5.70. The van der Waals surface area contributed by atoms with E-state index in [1.807, 2.05) is 36.4 Å². The number of halogens is 1. The molecule has 1 atom stereocenters. The first-order chi connectivity index (χ1) is 8.16. The van der Waals surface area contributed by atoms with E-state index in [1.165, 1.54) is 0 Å². The van der Waals surface area contributed by atoms with Gasteiger partial charge in [-0.25, -0.2) is 0 Å². The summed E-state index contributed by atoms with van der Waals surface area (Å²) in [4.78, 5) is 4.32. The molecule has 17 heavy (non-hydrogen) atoms. The number of pyridine rings is 1. The lowest BCUT2D eigenvalue weighted by Gasteiger charge is -2.16. The maximum Gasteiger partial charge on any atom is 0.0657 e. The van der Waals surface area contributed by atoms with Gasteiger partial charge in [0.15, 0.2) is 0 Å². The van der Waals surface area contributed by atoms with Crippen LogP contribution in [-0.4, -0.2) is 4.98 Å². The van der Waals surface area contributed by atoms with Gasteiger partial charge in [-0.15, -0.1) is 0 Å². The van der Waals surface area contributed by atoms with E-state index < -0.39 is 0 Å². The summed E-state index contributed by atoms with van der Waals surface area (Å²) < 4.78 is 0.959. The van der Waals surface area contributed by atoms with Gasteiger partial charge in [-0.2, -0.15) is 0 Å². The van der Waals surface area contributed by atoms with Crippen molar-refractivity contribution in [3.8, 4) is 0 Å². The highest BCUT2D eigenvalue weighted by Gasteiger charge is 2.08. The number of hydrogen-bond acceptors (Lipinski definition) is 3. The number of hydrogen-bond donors (Lipinski definition) is 2. The van der Waals surface area contributed by atoms with Gasteiger partial charge in [0, 0.05) is 22.0 Å². The van der Waals surface area contributed by atoms with E-state index in [4.69, 9.17) is 5.73 Å². The highest BCUT2D eigenvalue weighted by Crippen LogP contribution is 2.27. The molecule has 0 aliphatic rings. The molecular weight excluding hydrogens is 278 g/mol. The summed E-state index contributed by atoms with van der Waals surface area (Å²) in [6.07, 6.45) is 1.80. The molecule has 0 aliphatic heterocycles. The molecule has 88 valence electrons. The minimum absolute atomic E-state index is 0.149. The fourth-order valence-corrected chi connectivity index (χ4v) is 2.10. The van der Waals surface area contributed by atoms with Crippen LogP contribution in [0.15, 0.2) is 47.1 Å². The molecule has 0 aliphatic carbocycles. The van der Waals surface area contributed by atoms with Crippen LogP contribution in [0.5, 0.6) is 0 Å². The molecule has 0 saturated carbocycles. The van der Waals surface area contributed by atoms with Crippen LogP contribution in [-0.2, 0) is 0 Å². The average molecular weight is 292 g/mol. The summed E-state index contributed by atoms with van der Waals surface area (Å²) in [7, 11) is 0. The van der Waals surface area contributed by atoms with Crippen LogP contribution < -0.4 is 11.1 Å². The fourth-order valence-electron chi connectivity index (χ4n) is 1.59. The van der Waals surface area contributed by atoms with E-state index in [-0.39, 0.29) is 6.04 Å². The Labute approximate surface area is 109 Å². The number of nitrogens with two attached hydrogens (primary N) is 1. The van der Waals surface area contributed by atoms with E-state index in [0.29, 0.717) is 0 Å². The summed E-state index contributed by atoms with van der Waals surface area (Å²) in [6, 6.07) is 11.8. The molecule has 3 nitrogen and oxygen atoms in total.